The maximum atomic E-state index is 13.9. The van der Waals surface area contributed by atoms with E-state index in [1.807, 2.05) is 6.92 Å². The molecule has 2 heterocycles. The summed E-state index contributed by atoms with van der Waals surface area (Å²) in [5, 5.41) is 10.4. The Balaban J connectivity index is 1.58. The summed E-state index contributed by atoms with van der Waals surface area (Å²) in [4.78, 5) is 4.52. The molecule has 5 rings (SSSR count). The summed E-state index contributed by atoms with van der Waals surface area (Å²) >= 11 is 0. The summed E-state index contributed by atoms with van der Waals surface area (Å²) in [7, 11) is -3.66. The quantitative estimate of drug-likeness (QED) is 0.613. The second-order valence-electron chi connectivity index (χ2n) is 8.58. The van der Waals surface area contributed by atoms with Crippen LogP contribution in [0.4, 0.5) is 4.39 Å². The van der Waals surface area contributed by atoms with Gasteiger partial charge >= 0.3 is 0 Å². The molecular formula is C23H23FN4O2S. The van der Waals surface area contributed by atoms with E-state index in [4.69, 9.17) is 0 Å². The molecule has 0 aliphatic heterocycles. The highest BCUT2D eigenvalue weighted by atomic mass is 32.2. The summed E-state index contributed by atoms with van der Waals surface area (Å²) in [5.74, 6) is 0.00494. The molecular weight excluding hydrogens is 415 g/mol. The van der Waals surface area contributed by atoms with Crippen LogP contribution in [-0.2, 0) is 10.0 Å². The number of fused-ring (bicyclic) bond motifs is 1. The molecule has 0 unspecified atom stereocenters. The zero-order chi connectivity index (χ0) is 21.8. The van der Waals surface area contributed by atoms with E-state index < -0.39 is 15.8 Å². The minimum Gasteiger partial charge on any atom is -0.335 e. The lowest BCUT2D eigenvalue weighted by Crippen LogP contribution is -2.34. The number of benzene rings is 1. The standard InChI is InChI=1S/C23H23FN4O2S/c1-14(15-5-6-15)27-31(29,30)18-8-9-21(26-13-18)23-20(12-25)19-11-16(24)7-10-22(19)28(23)17-3-2-4-17/h7-11,13-15,17,27H,2-6H2,1H3/t14-/m0/s1. The zero-order valence-corrected chi connectivity index (χ0v) is 18.0. The Morgan fingerprint density at radius 3 is 2.58 bits per heavy atom. The van der Waals surface area contributed by atoms with E-state index in [1.54, 1.807) is 12.1 Å². The fourth-order valence-electron chi connectivity index (χ4n) is 4.36. The van der Waals surface area contributed by atoms with Crippen molar-refractivity contribution < 1.29 is 12.8 Å². The number of nitrogens with one attached hydrogen (secondary N) is 1. The number of nitrogens with zero attached hydrogens (tertiary/aromatic N) is 3. The van der Waals surface area contributed by atoms with Gasteiger partial charge in [-0.25, -0.2) is 17.5 Å². The molecule has 1 atom stereocenters. The third-order valence-corrected chi connectivity index (χ3v) is 8.02. The van der Waals surface area contributed by atoms with Crippen LogP contribution in [0.2, 0.25) is 0 Å². The first-order valence-electron chi connectivity index (χ1n) is 10.6. The maximum Gasteiger partial charge on any atom is 0.242 e. The minimum absolute atomic E-state index is 0.0969. The number of rotatable bonds is 6. The van der Waals surface area contributed by atoms with E-state index in [1.165, 1.54) is 24.4 Å². The molecule has 2 saturated carbocycles. The second-order valence-corrected chi connectivity index (χ2v) is 10.3. The van der Waals surface area contributed by atoms with Gasteiger partial charge in [0.05, 0.1) is 22.5 Å². The fraction of sp³-hybridized carbons (Fsp3) is 0.391. The Morgan fingerprint density at radius 1 is 1.23 bits per heavy atom. The van der Waals surface area contributed by atoms with Crippen LogP contribution in [0.1, 0.15) is 50.6 Å². The molecule has 2 fully saturated rings. The molecule has 0 spiro atoms. The molecule has 2 aromatic heterocycles. The second kappa shape index (κ2) is 7.43. The van der Waals surface area contributed by atoms with Crippen molar-refractivity contribution >= 4 is 20.9 Å². The Bertz CT molecular complexity index is 1300. The van der Waals surface area contributed by atoms with Gasteiger partial charge in [0, 0.05) is 23.7 Å². The van der Waals surface area contributed by atoms with Gasteiger partial charge in [-0.2, -0.15) is 5.26 Å². The van der Waals surface area contributed by atoms with Crippen LogP contribution < -0.4 is 4.72 Å². The third kappa shape index (κ3) is 3.52. The summed E-state index contributed by atoms with van der Waals surface area (Å²) in [6.45, 7) is 1.88. The molecule has 3 aromatic rings. The summed E-state index contributed by atoms with van der Waals surface area (Å²) in [6, 6.07) is 9.98. The van der Waals surface area contributed by atoms with Crippen LogP contribution in [-0.4, -0.2) is 24.0 Å². The maximum absolute atomic E-state index is 13.9. The first kappa shape index (κ1) is 20.2. The van der Waals surface area contributed by atoms with Gasteiger partial charge < -0.3 is 4.57 Å². The van der Waals surface area contributed by atoms with Gasteiger partial charge in [0.25, 0.3) is 0 Å². The molecule has 0 radical (unpaired) electrons. The van der Waals surface area contributed by atoms with Crippen LogP contribution in [0.3, 0.4) is 0 Å². The molecule has 6 nitrogen and oxygen atoms in total. The van der Waals surface area contributed by atoms with Gasteiger partial charge in [-0.05, 0) is 75.3 Å². The van der Waals surface area contributed by atoms with E-state index >= 15 is 0 Å². The van der Waals surface area contributed by atoms with Crippen molar-refractivity contribution in [1.29, 1.82) is 5.26 Å². The summed E-state index contributed by atoms with van der Waals surface area (Å²) in [5.41, 5.74) is 2.30. The average Bonchev–Trinajstić information content (AvgIpc) is 3.51. The van der Waals surface area contributed by atoms with E-state index in [2.05, 4.69) is 20.3 Å². The first-order valence-corrected chi connectivity index (χ1v) is 12.1. The Morgan fingerprint density at radius 2 is 2.00 bits per heavy atom. The van der Waals surface area contributed by atoms with Gasteiger partial charge in [0.2, 0.25) is 10.0 Å². The number of halogens is 1. The monoisotopic (exact) mass is 438 g/mol. The minimum atomic E-state index is -3.66. The van der Waals surface area contributed by atoms with Crippen molar-refractivity contribution in [1.82, 2.24) is 14.3 Å². The van der Waals surface area contributed by atoms with E-state index in [0.717, 1.165) is 37.6 Å². The van der Waals surface area contributed by atoms with Crippen molar-refractivity contribution in [2.45, 2.75) is 56.0 Å². The Kier molecular flexibility index (Phi) is 4.83. The smallest absolute Gasteiger partial charge is 0.242 e. The highest BCUT2D eigenvalue weighted by molar-refractivity contribution is 7.89. The van der Waals surface area contributed by atoms with Gasteiger partial charge in [-0.15, -0.1) is 0 Å². The molecule has 2 aliphatic carbocycles. The molecule has 0 saturated heterocycles. The number of pyridine rings is 1. The predicted molar refractivity (Wildman–Crippen MR) is 115 cm³/mol. The number of hydrogen-bond acceptors (Lipinski definition) is 4. The van der Waals surface area contributed by atoms with Crippen LogP contribution >= 0.6 is 0 Å². The molecule has 0 bridgehead atoms. The van der Waals surface area contributed by atoms with Crippen LogP contribution in [0.25, 0.3) is 22.3 Å². The van der Waals surface area contributed by atoms with E-state index in [0.29, 0.717) is 28.3 Å². The Hall–Kier alpha value is -2.76. The van der Waals surface area contributed by atoms with Crippen LogP contribution in [0, 0.1) is 23.1 Å². The van der Waals surface area contributed by atoms with Crippen LogP contribution in [0.15, 0.2) is 41.4 Å². The van der Waals surface area contributed by atoms with Gasteiger partial charge in [-0.1, -0.05) is 0 Å². The number of nitriles is 1. The molecule has 8 heteroatoms. The SMILES string of the molecule is C[C@H](NS(=O)(=O)c1ccc(-c2c(C#N)c3cc(F)ccc3n2C2CCC2)nc1)C1CC1. The molecule has 1 aromatic carbocycles. The highest BCUT2D eigenvalue weighted by Gasteiger charge is 2.32. The van der Waals surface area contributed by atoms with Crippen molar-refractivity contribution in [3.05, 3.63) is 47.9 Å². The molecule has 2 aliphatic rings. The van der Waals surface area contributed by atoms with Gasteiger partial charge in [0.15, 0.2) is 0 Å². The Labute approximate surface area is 180 Å². The normalized spacial score (nSPS) is 18.0. The summed E-state index contributed by atoms with van der Waals surface area (Å²) in [6.07, 6.45) is 6.49. The first-order chi connectivity index (χ1) is 14.9. The molecule has 160 valence electrons. The average molecular weight is 439 g/mol. The summed E-state index contributed by atoms with van der Waals surface area (Å²) < 4.78 is 44.1. The number of aromatic nitrogens is 2. The lowest BCUT2D eigenvalue weighted by atomic mass is 9.92. The van der Waals surface area contributed by atoms with Crippen molar-refractivity contribution in [2.75, 3.05) is 0 Å². The highest BCUT2D eigenvalue weighted by Crippen LogP contribution is 2.42. The van der Waals surface area contributed by atoms with Gasteiger partial charge in [0.1, 0.15) is 16.8 Å². The van der Waals surface area contributed by atoms with E-state index in [9.17, 15) is 18.1 Å². The molecule has 31 heavy (non-hydrogen) atoms. The lowest BCUT2D eigenvalue weighted by molar-refractivity contribution is 0.324. The predicted octanol–water partition coefficient (Wildman–Crippen LogP) is 4.52. The topological polar surface area (TPSA) is 87.8 Å². The molecule has 1 N–H and O–H groups in total. The fourth-order valence-corrected chi connectivity index (χ4v) is 5.62. The lowest BCUT2D eigenvalue weighted by Gasteiger charge is -2.30. The largest absolute Gasteiger partial charge is 0.335 e. The number of hydrogen-bond donors (Lipinski definition) is 1. The van der Waals surface area contributed by atoms with E-state index in [-0.39, 0.29) is 17.0 Å². The molecule has 0 amide bonds. The van der Waals surface area contributed by atoms with Crippen molar-refractivity contribution in [3.8, 4) is 17.5 Å². The van der Waals surface area contributed by atoms with Crippen molar-refractivity contribution in [3.63, 3.8) is 0 Å². The van der Waals surface area contributed by atoms with Crippen molar-refractivity contribution in [2.24, 2.45) is 5.92 Å². The zero-order valence-electron chi connectivity index (χ0n) is 17.2. The van der Waals surface area contributed by atoms with Crippen LogP contribution in [0.5, 0.6) is 0 Å². The number of sulfonamides is 1. The van der Waals surface area contributed by atoms with Gasteiger partial charge in [-0.3, -0.25) is 4.98 Å². The third-order valence-electron chi connectivity index (χ3n) is 6.48.